The van der Waals surface area contributed by atoms with Crippen molar-refractivity contribution in [3.63, 3.8) is 0 Å². The number of nitrogens with two attached hydrogens (primary N) is 1. The quantitative estimate of drug-likeness (QED) is 0.275. The SMILES string of the molecule is NCc1ccc(CNC(=O)CN(C2CC2c2ccccc2)S(=O)(=O)c2ccc(-c3ccccc3Cl)cc2)cc1. The van der Waals surface area contributed by atoms with E-state index in [0.717, 1.165) is 27.8 Å². The van der Waals surface area contributed by atoms with Gasteiger partial charge >= 0.3 is 0 Å². The Morgan fingerprint density at radius 3 is 2.18 bits per heavy atom. The fourth-order valence-electron chi connectivity index (χ4n) is 4.77. The molecule has 0 bridgehead atoms. The summed E-state index contributed by atoms with van der Waals surface area (Å²) in [5, 5.41) is 3.46. The van der Waals surface area contributed by atoms with E-state index in [1.165, 1.54) is 4.31 Å². The normalized spacial score (nSPS) is 16.7. The summed E-state index contributed by atoms with van der Waals surface area (Å²) in [7, 11) is -3.95. The van der Waals surface area contributed by atoms with E-state index in [1.807, 2.05) is 72.8 Å². The lowest BCUT2D eigenvalue weighted by Crippen LogP contribution is -2.42. The first kappa shape index (κ1) is 27.1. The first-order valence-corrected chi connectivity index (χ1v) is 14.6. The number of halogens is 1. The lowest BCUT2D eigenvalue weighted by atomic mass is 10.1. The molecule has 1 saturated carbocycles. The van der Waals surface area contributed by atoms with Gasteiger partial charge in [0.1, 0.15) is 0 Å². The van der Waals surface area contributed by atoms with Gasteiger partial charge in [0.2, 0.25) is 15.9 Å². The van der Waals surface area contributed by atoms with Gasteiger partial charge in [-0.25, -0.2) is 8.42 Å². The van der Waals surface area contributed by atoms with E-state index in [2.05, 4.69) is 5.32 Å². The molecule has 0 aromatic heterocycles. The molecular weight excluding hydrogens is 530 g/mol. The van der Waals surface area contributed by atoms with Gasteiger partial charge in [-0.05, 0) is 46.9 Å². The minimum absolute atomic E-state index is 0.0416. The van der Waals surface area contributed by atoms with Crippen molar-refractivity contribution in [3.8, 4) is 11.1 Å². The van der Waals surface area contributed by atoms with Gasteiger partial charge in [-0.15, -0.1) is 0 Å². The van der Waals surface area contributed by atoms with Crippen LogP contribution in [-0.4, -0.2) is 31.2 Å². The third kappa shape index (κ3) is 6.23. The van der Waals surface area contributed by atoms with Gasteiger partial charge in [0.15, 0.2) is 0 Å². The van der Waals surface area contributed by atoms with Gasteiger partial charge in [-0.1, -0.05) is 96.5 Å². The molecule has 0 aliphatic heterocycles. The van der Waals surface area contributed by atoms with Crippen molar-refractivity contribution in [2.45, 2.75) is 36.4 Å². The average Bonchev–Trinajstić information content (AvgIpc) is 3.76. The minimum Gasteiger partial charge on any atom is -0.351 e. The Kier molecular flexibility index (Phi) is 8.14. The molecule has 39 heavy (non-hydrogen) atoms. The zero-order chi connectivity index (χ0) is 27.4. The molecule has 4 aromatic carbocycles. The zero-order valence-electron chi connectivity index (χ0n) is 21.3. The van der Waals surface area contributed by atoms with Gasteiger partial charge in [-0.2, -0.15) is 4.31 Å². The highest BCUT2D eigenvalue weighted by atomic mass is 35.5. The topological polar surface area (TPSA) is 92.5 Å². The number of benzene rings is 4. The Hall–Kier alpha value is -3.49. The van der Waals surface area contributed by atoms with Crippen molar-refractivity contribution >= 4 is 27.5 Å². The summed E-state index contributed by atoms with van der Waals surface area (Å²) in [6.45, 7) is 0.489. The highest BCUT2D eigenvalue weighted by Gasteiger charge is 2.48. The maximum atomic E-state index is 13.9. The lowest BCUT2D eigenvalue weighted by Gasteiger charge is -2.23. The van der Waals surface area contributed by atoms with E-state index >= 15 is 0 Å². The van der Waals surface area contributed by atoms with Crippen LogP contribution in [0.15, 0.2) is 108 Å². The average molecular weight is 560 g/mol. The smallest absolute Gasteiger partial charge is 0.243 e. The summed E-state index contributed by atoms with van der Waals surface area (Å²) >= 11 is 6.33. The highest BCUT2D eigenvalue weighted by molar-refractivity contribution is 7.89. The number of carbonyl (C=O) groups excluding carboxylic acids is 1. The van der Waals surface area contributed by atoms with Gasteiger partial charge < -0.3 is 11.1 Å². The number of amides is 1. The number of hydrogen-bond donors (Lipinski definition) is 2. The van der Waals surface area contributed by atoms with Crippen molar-refractivity contribution in [2.75, 3.05) is 6.54 Å². The largest absolute Gasteiger partial charge is 0.351 e. The van der Waals surface area contributed by atoms with E-state index in [4.69, 9.17) is 17.3 Å². The molecule has 0 saturated heterocycles. The summed E-state index contributed by atoms with van der Waals surface area (Å²) in [5.74, 6) is -0.312. The van der Waals surface area contributed by atoms with Gasteiger partial charge in [0.25, 0.3) is 0 Å². The molecule has 5 rings (SSSR count). The third-order valence-electron chi connectivity index (χ3n) is 7.05. The van der Waals surface area contributed by atoms with E-state index in [9.17, 15) is 13.2 Å². The van der Waals surface area contributed by atoms with Crippen LogP contribution < -0.4 is 11.1 Å². The molecule has 0 radical (unpaired) electrons. The molecule has 200 valence electrons. The minimum atomic E-state index is -3.95. The van der Waals surface area contributed by atoms with Crippen LogP contribution >= 0.6 is 11.6 Å². The second kappa shape index (κ2) is 11.7. The highest BCUT2D eigenvalue weighted by Crippen LogP contribution is 2.46. The van der Waals surface area contributed by atoms with Crippen molar-refractivity contribution in [1.82, 2.24) is 9.62 Å². The van der Waals surface area contributed by atoms with Crippen LogP contribution in [0.25, 0.3) is 11.1 Å². The second-order valence-electron chi connectivity index (χ2n) is 9.67. The van der Waals surface area contributed by atoms with Crippen molar-refractivity contribution in [2.24, 2.45) is 5.73 Å². The van der Waals surface area contributed by atoms with E-state index in [1.54, 1.807) is 30.3 Å². The zero-order valence-corrected chi connectivity index (χ0v) is 22.9. The molecule has 8 heteroatoms. The number of hydrogen-bond acceptors (Lipinski definition) is 4. The summed E-state index contributed by atoms with van der Waals surface area (Å²) < 4.78 is 29.1. The maximum absolute atomic E-state index is 13.9. The van der Waals surface area contributed by atoms with Crippen molar-refractivity contribution in [1.29, 1.82) is 0 Å². The summed E-state index contributed by atoms with van der Waals surface area (Å²) in [6.07, 6.45) is 0.661. The molecule has 1 amide bonds. The predicted octanol–water partition coefficient (Wildman–Crippen LogP) is 5.33. The fraction of sp³-hybridized carbons (Fsp3) is 0.194. The first-order valence-electron chi connectivity index (χ1n) is 12.8. The molecule has 2 unspecified atom stereocenters. The second-order valence-corrected chi connectivity index (χ2v) is 12.0. The molecule has 3 N–H and O–H groups in total. The number of nitrogens with zero attached hydrogens (tertiary/aromatic N) is 1. The molecule has 1 aliphatic carbocycles. The number of rotatable bonds is 10. The van der Waals surface area contributed by atoms with Crippen LogP contribution in [0, 0.1) is 0 Å². The fourth-order valence-corrected chi connectivity index (χ4v) is 6.64. The van der Waals surface area contributed by atoms with Crippen LogP contribution in [0.3, 0.4) is 0 Å². The van der Waals surface area contributed by atoms with Crippen molar-refractivity contribution in [3.05, 3.63) is 125 Å². The van der Waals surface area contributed by atoms with Crippen molar-refractivity contribution < 1.29 is 13.2 Å². The van der Waals surface area contributed by atoms with E-state index in [0.29, 0.717) is 24.5 Å². The van der Waals surface area contributed by atoms with Gasteiger partial charge in [0.05, 0.1) is 11.4 Å². The predicted molar refractivity (Wildman–Crippen MR) is 155 cm³/mol. The van der Waals surface area contributed by atoms with Gasteiger partial charge in [0, 0.05) is 35.6 Å². The van der Waals surface area contributed by atoms with E-state index < -0.39 is 10.0 Å². The molecular formula is C31H30ClN3O3S. The van der Waals surface area contributed by atoms with Crippen LogP contribution in [0.2, 0.25) is 5.02 Å². The maximum Gasteiger partial charge on any atom is 0.243 e. The molecule has 1 fully saturated rings. The molecule has 1 aliphatic rings. The van der Waals surface area contributed by atoms with Gasteiger partial charge in [-0.3, -0.25) is 4.79 Å². The Morgan fingerprint density at radius 1 is 0.872 bits per heavy atom. The molecule has 6 nitrogen and oxygen atoms in total. The monoisotopic (exact) mass is 559 g/mol. The van der Waals surface area contributed by atoms with Crippen LogP contribution in [0.4, 0.5) is 0 Å². The van der Waals surface area contributed by atoms with Crippen LogP contribution in [0.5, 0.6) is 0 Å². The number of sulfonamides is 1. The molecule has 0 spiro atoms. The standard InChI is InChI=1S/C31H30ClN3O3S/c32-29-9-5-4-8-27(29)25-14-16-26(17-15-25)39(37,38)35(30-18-28(30)24-6-2-1-3-7-24)21-31(36)34-20-23-12-10-22(19-33)11-13-23/h1-17,28,30H,18-21,33H2,(H,34,36). The number of nitrogens with one attached hydrogen (secondary N) is 1. The Bertz CT molecular complexity index is 1540. The molecule has 4 aromatic rings. The Labute approximate surface area is 234 Å². The van der Waals surface area contributed by atoms with Crippen LogP contribution in [-0.2, 0) is 27.9 Å². The third-order valence-corrected chi connectivity index (χ3v) is 9.26. The lowest BCUT2D eigenvalue weighted by molar-refractivity contribution is -0.121. The Balaban J connectivity index is 1.36. The molecule has 2 atom stereocenters. The molecule has 0 heterocycles. The first-order chi connectivity index (χ1) is 18.9. The summed E-state index contributed by atoms with van der Waals surface area (Å²) in [6, 6.07) is 31.2. The Morgan fingerprint density at radius 2 is 1.51 bits per heavy atom. The van der Waals surface area contributed by atoms with E-state index in [-0.39, 0.29) is 29.3 Å². The number of carbonyl (C=O) groups is 1. The van der Waals surface area contributed by atoms with Crippen LogP contribution in [0.1, 0.15) is 29.0 Å². The summed E-state index contributed by atoms with van der Waals surface area (Å²) in [5.41, 5.74) is 10.3. The summed E-state index contributed by atoms with van der Waals surface area (Å²) in [4.78, 5) is 13.2.